The van der Waals surface area contributed by atoms with Gasteiger partial charge in [0.1, 0.15) is 17.6 Å². The first kappa shape index (κ1) is 19.6. The molecular weight excluding hydrogens is 388 g/mol. The highest BCUT2D eigenvalue weighted by Crippen LogP contribution is 2.37. The van der Waals surface area contributed by atoms with Gasteiger partial charge in [-0.3, -0.25) is 9.69 Å². The van der Waals surface area contributed by atoms with Crippen molar-refractivity contribution in [2.45, 2.75) is 31.7 Å². The van der Waals surface area contributed by atoms with Gasteiger partial charge in [0.2, 0.25) is 5.91 Å². The van der Waals surface area contributed by atoms with E-state index < -0.39 is 0 Å². The second-order valence-corrected chi connectivity index (χ2v) is 8.15. The molecule has 158 valence electrons. The number of carbonyl (C=O) groups is 1. The molecule has 2 bridgehead atoms. The summed E-state index contributed by atoms with van der Waals surface area (Å²) in [5.41, 5.74) is 3.09. The molecule has 2 aliphatic rings. The molecule has 2 aliphatic heterocycles. The van der Waals surface area contributed by atoms with E-state index in [1.54, 1.807) is 7.11 Å². The molecule has 1 amide bonds. The molecule has 5 rings (SSSR count). The van der Waals surface area contributed by atoms with Crippen LogP contribution in [0.4, 0.5) is 5.69 Å². The summed E-state index contributed by atoms with van der Waals surface area (Å²) in [6.07, 6.45) is 0.723. The number of hydrogen-bond acceptors (Lipinski definition) is 4. The Kier molecular flexibility index (Phi) is 5.35. The van der Waals surface area contributed by atoms with Gasteiger partial charge >= 0.3 is 0 Å². The van der Waals surface area contributed by atoms with Gasteiger partial charge in [-0.05, 0) is 35.4 Å². The van der Waals surface area contributed by atoms with Crippen molar-refractivity contribution in [2.75, 3.05) is 18.6 Å². The summed E-state index contributed by atoms with van der Waals surface area (Å²) in [7, 11) is 1.66. The quantitative estimate of drug-likeness (QED) is 0.626. The SMILES string of the molecule is COc1ccc(CN2C(=O)C3CC(CN3Cc3ccccc3)Oc3ccccc32)cc1. The van der Waals surface area contributed by atoms with E-state index in [2.05, 4.69) is 17.0 Å². The highest BCUT2D eigenvalue weighted by Gasteiger charge is 2.42. The number of para-hydroxylation sites is 2. The molecule has 0 radical (unpaired) electrons. The van der Waals surface area contributed by atoms with E-state index in [1.807, 2.05) is 71.6 Å². The fraction of sp³-hybridized carbons (Fsp3) is 0.269. The highest BCUT2D eigenvalue weighted by atomic mass is 16.5. The van der Waals surface area contributed by atoms with Crippen LogP contribution >= 0.6 is 0 Å². The number of hydrogen-bond donors (Lipinski definition) is 0. The Hall–Kier alpha value is -3.31. The van der Waals surface area contributed by atoms with Crippen LogP contribution in [0.15, 0.2) is 78.9 Å². The summed E-state index contributed by atoms with van der Waals surface area (Å²) in [5.74, 6) is 1.71. The maximum Gasteiger partial charge on any atom is 0.244 e. The van der Waals surface area contributed by atoms with Crippen LogP contribution in [0.25, 0.3) is 0 Å². The van der Waals surface area contributed by atoms with Crippen LogP contribution in [-0.4, -0.2) is 36.6 Å². The van der Waals surface area contributed by atoms with Crippen LogP contribution in [0.3, 0.4) is 0 Å². The predicted molar refractivity (Wildman–Crippen MR) is 120 cm³/mol. The van der Waals surface area contributed by atoms with E-state index in [0.29, 0.717) is 13.0 Å². The normalized spacial score (nSPS) is 20.5. The second kappa shape index (κ2) is 8.44. The average Bonchev–Trinajstić information content (AvgIpc) is 3.21. The van der Waals surface area contributed by atoms with Crippen molar-refractivity contribution < 1.29 is 14.3 Å². The maximum absolute atomic E-state index is 13.9. The smallest absolute Gasteiger partial charge is 0.244 e. The van der Waals surface area contributed by atoms with Gasteiger partial charge in [-0.1, -0.05) is 54.6 Å². The zero-order chi connectivity index (χ0) is 21.2. The molecule has 0 aliphatic carbocycles. The number of nitrogens with zero attached hydrogens (tertiary/aromatic N) is 2. The van der Waals surface area contributed by atoms with E-state index in [0.717, 1.165) is 35.8 Å². The Balaban J connectivity index is 1.47. The number of ether oxygens (including phenoxy) is 2. The van der Waals surface area contributed by atoms with Crippen molar-refractivity contribution in [3.8, 4) is 11.5 Å². The minimum Gasteiger partial charge on any atom is -0.497 e. The number of rotatable bonds is 5. The maximum atomic E-state index is 13.9. The van der Waals surface area contributed by atoms with Crippen LogP contribution in [0.2, 0.25) is 0 Å². The van der Waals surface area contributed by atoms with Gasteiger partial charge < -0.3 is 14.4 Å². The number of benzene rings is 3. The van der Waals surface area contributed by atoms with Crippen LogP contribution in [0.1, 0.15) is 17.5 Å². The monoisotopic (exact) mass is 414 g/mol. The topological polar surface area (TPSA) is 42.0 Å². The second-order valence-electron chi connectivity index (χ2n) is 8.15. The molecule has 2 heterocycles. The van der Waals surface area contributed by atoms with E-state index in [4.69, 9.17) is 9.47 Å². The number of fused-ring (bicyclic) bond motifs is 3. The van der Waals surface area contributed by atoms with Gasteiger partial charge in [0.25, 0.3) is 0 Å². The first-order valence-electron chi connectivity index (χ1n) is 10.7. The molecule has 3 aromatic carbocycles. The molecule has 5 heteroatoms. The Morgan fingerprint density at radius 3 is 2.39 bits per heavy atom. The van der Waals surface area contributed by atoms with Crippen LogP contribution < -0.4 is 14.4 Å². The first-order valence-corrected chi connectivity index (χ1v) is 10.7. The number of amides is 1. The number of carbonyl (C=O) groups excluding carboxylic acids is 1. The van der Waals surface area contributed by atoms with Crippen LogP contribution in [-0.2, 0) is 17.9 Å². The zero-order valence-electron chi connectivity index (χ0n) is 17.6. The van der Waals surface area contributed by atoms with Crippen molar-refractivity contribution in [1.82, 2.24) is 4.90 Å². The van der Waals surface area contributed by atoms with Crippen molar-refractivity contribution in [3.63, 3.8) is 0 Å². The summed E-state index contributed by atoms with van der Waals surface area (Å²) >= 11 is 0. The minimum absolute atomic E-state index is 0.0157. The minimum atomic E-state index is -0.197. The summed E-state index contributed by atoms with van der Waals surface area (Å²) in [6.45, 7) is 1.98. The molecule has 5 nitrogen and oxygen atoms in total. The molecule has 0 N–H and O–H groups in total. The van der Waals surface area contributed by atoms with Gasteiger partial charge in [0.15, 0.2) is 0 Å². The van der Waals surface area contributed by atoms with E-state index in [9.17, 15) is 4.79 Å². The predicted octanol–water partition coefficient (Wildman–Crippen LogP) is 4.26. The highest BCUT2D eigenvalue weighted by molar-refractivity contribution is 5.99. The van der Waals surface area contributed by atoms with Gasteiger partial charge in [-0.15, -0.1) is 0 Å². The average molecular weight is 415 g/mol. The van der Waals surface area contributed by atoms with Gasteiger partial charge in [-0.25, -0.2) is 0 Å². The fourth-order valence-corrected chi connectivity index (χ4v) is 4.53. The van der Waals surface area contributed by atoms with Crippen LogP contribution in [0.5, 0.6) is 11.5 Å². The number of methoxy groups -OCH3 is 1. The fourth-order valence-electron chi connectivity index (χ4n) is 4.53. The van der Waals surface area contributed by atoms with Crippen molar-refractivity contribution in [2.24, 2.45) is 0 Å². The Bertz CT molecular complexity index is 1050. The summed E-state index contributed by atoms with van der Waals surface area (Å²) in [5, 5.41) is 0. The lowest BCUT2D eigenvalue weighted by Gasteiger charge is -2.32. The molecule has 31 heavy (non-hydrogen) atoms. The van der Waals surface area contributed by atoms with E-state index >= 15 is 0 Å². The largest absolute Gasteiger partial charge is 0.497 e. The standard InChI is InChI=1S/C26H26N2O3/c1-30-21-13-11-20(12-14-21)17-28-23-9-5-6-10-25(23)31-22-15-24(26(28)29)27(18-22)16-19-7-3-2-4-8-19/h2-14,22,24H,15-18H2,1H3. The summed E-state index contributed by atoms with van der Waals surface area (Å²) < 4.78 is 11.7. The molecule has 3 aromatic rings. The number of likely N-dealkylation sites (tertiary alicyclic amines) is 1. The Morgan fingerprint density at radius 1 is 0.903 bits per heavy atom. The molecular formula is C26H26N2O3. The van der Waals surface area contributed by atoms with Gasteiger partial charge in [-0.2, -0.15) is 0 Å². The van der Waals surface area contributed by atoms with E-state index in [1.165, 1.54) is 5.56 Å². The van der Waals surface area contributed by atoms with Crippen LogP contribution in [0, 0.1) is 0 Å². The molecule has 0 saturated carbocycles. The van der Waals surface area contributed by atoms with Gasteiger partial charge in [0.05, 0.1) is 25.4 Å². The Morgan fingerprint density at radius 2 is 1.61 bits per heavy atom. The lowest BCUT2D eigenvalue weighted by atomic mass is 10.1. The lowest BCUT2D eigenvalue weighted by Crippen LogP contribution is -2.45. The molecule has 0 spiro atoms. The van der Waals surface area contributed by atoms with Crippen molar-refractivity contribution >= 4 is 11.6 Å². The third kappa shape index (κ3) is 4.01. The molecule has 0 aromatic heterocycles. The molecule has 2 atom stereocenters. The number of anilines is 1. The molecule has 1 saturated heterocycles. The Labute approximate surface area is 182 Å². The lowest BCUT2D eigenvalue weighted by molar-refractivity contribution is -0.123. The zero-order valence-corrected chi connectivity index (χ0v) is 17.6. The van der Waals surface area contributed by atoms with Crippen molar-refractivity contribution in [1.29, 1.82) is 0 Å². The molecule has 2 unspecified atom stereocenters. The third-order valence-corrected chi connectivity index (χ3v) is 6.09. The van der Waals surface area contributed by atoms with Gasteiger partial charge in [0, 0.05) is 19.5 Å². The first-order chi connectivity index (χ1) is 15.2. The molecule has 1 fully saturated rings. The third-order valence-electron chi connectivity index (χ3n) is 6.09. The van der Waals surface area contributed by atoms with Crippen molar-refractivity contribution in [3.05, 3.63) is 90.0 Å². The summed E-state index contributed by atoms with van der Waals surface area (Å²) in [4.78, 5) is 18.0. The summed E-state index contributed by atoms with van der Waals surface area (Å²) in [6, 6.07) is 25.9. The van der Waals surface area contributed by atoms with E-state index in [-0.39, 0.29) is 18.1 Å².